The van der Waals surface area contributed by atoms with Crippen LogP contribution in [-0.2, 0) is 0 Å². The molecule has 144 valence electrons. The van der Waals surface area contributed by atoms with Gasteiger partial charge in [0, 0.05) is 20.5 Å². The molecule has 5 rings (SSSR count). The molecule has 30 heavy (non-hydrogen) atoms. The summed E-state index contributed by atoms with van der Waals surface area (Å²) in [6, 6.07) is 19.8. The molecule has 3 aromatic heterocycles. The number of fused-ring (bicyclic) bond motifs is 3. The van der Waals surface area contributed by atoms with Crippen molar-refractivity contribution in [1.82, 2.24) is 4.98 Å². The first-order valence-corrected chi connectivity index (χ1v) is 10.9. The van der Waals surface area contributed by atoms with E-state index >= 15 is 0 Å². The summed E-state index contributed by atoms with van der Waals surface area (Å²) in [6.45, 7) is 2.03. The maximum Gasteiger partial charge on any atom is 0.345 e. The van der Waals surface area contributed by atoms with Crippen molar-refractivity contribution < 1.29 is 4.42 Å². The van der Waals surface area contributed by atoms with Crippen LogP contribution in [0.25, 0.3) is 44.6 Å². The van der Waals surface area contributed by atoms with Crippen molar-refractivity contribution in [2.24, 2.45) is 0 Å². The van der Waals surface area contributed by atoms with Crippen LogP contribution in [-0.4, -0.2) is 4.98 Å². The molecule has 0 aliphatic heterocycles. The lowest BCUT2D eigenvalue weighted by molar-refractivity contribution is 0.563. The minimum atomic E-state index is -0.439. The number of hydrogen-bond acceptors (Lipinski definition) is 6. The average Bonchev–Trinajstić information content (AvgIpc) is 3.40. The quantitative estimate of drug-likeness (QED) is 0.187. The second-order valence-corrected chi connectivity index (χ2v) is 8.98. The highest BCUT2D eigenvalue weighted by atomic mass is 32.1. The smallest absolute Gasteiger partial charge is 0.345 e. The zero-order valence-electron chi connectivity index (χ0n) is 15.9. The summed E-state index contributed by atoms with van der Waals surface area (Å²) >= 11 is 2.96. The minimum absolute atomic E-state index is 0.394. The summed E-state index contributed by atoms with van der Waals surface area (Å²) in [5.41, 5.74) is 1.49. The standard InChI is InChI=1S/C24H14N2O2S2/c1-14-6-8-17(30-14)10-16(12-25)23-26-21(13-29-23)20-11-19-18-5-3-2-4-15(18)7-9-22(19)28-24(20)27/h2-11,13H,1H3/b16-10-. The third-order valence-corrected chi connectivity index (χ3v) is 6.64. The van der Waals surface area contributed by atoms with Gasteiger partial charge in [-0.1, -0.05) is 30.3 Å². The molecule has 0 atom stereocenters. The predicted molar refractivity (Wildman–Crippen MR) is 124 cm³/mol. The lowest BCUT2D eigenvalue weighted by atomic mass is 10.0. The Kier molecular flexibility index (Phi) is 4.55. The molecule has 0 aliphatic carbocycles. The van der Waals surface area contributed by atoms with Crippen LogP contribution < -0.4 is 5.63 Å². The third-order valence-electron chi connectivity index (χ3n) is 4.82. The number of thiazole rings is 1. The zero-order valence-corrected chi connectivity index (χ0v) is 17.5. The number of aryl methyl sites for hydroxylation is 1. The highest BCUT2D eigenvalue weighted by molar-refractivity contribution is 7.13. The summed E-state index contributed by atoms with van der Waals surface area (Å²) in [4.78, 5) is 19.4. The van der Waals surface area contributed by atoms with Crippen LogP contribution in [0.4, 0.5) is 0 Å². The van der Waals surface area contributed by atoms with E-state index in [0.29, 0.717) is 27.4 Å². The highest BCUT2D eigenvalue weighted by Gasteiger charge is 2.15. The van der Waals surface area contributed by atoms with E-state index in [-0.39, 0.29) is 0 Å². The molecule has 0 N–H and O–H groups in total. The number of benzene rings is 2. The first-order valence-electron chi connectivity index (χ1n) is 9.22. The Bertz CT molecular complexity index is 1550. The van der Waals surface area contributed by atoms with Crippen LogP contribution in [0, 0.1) is 18.3 Å². The largest absolute Gasteiger partial charge is 0.422 e. The lowest BCUT2D eigenvalue weighted by Crippen LogP contribution is -2.03. The third kappa shape index (κ3) is 3.24. The minimum Gasteiger partial charge on any atom is -0.422 e. The number of hydrogen-bond donors (Lipinski definition) is 0. The topological polar surface area (TPSA) is 66.9 Å². The molecule has 0 radical (unpaired) electrons. The fourth-order valence-electron chi connectivity index (χ4n) is 3.39. The number of aromatic nitrogens is 1. The Labute approximate surface area is 180 Å². The summed E-state index contributed by atoms with van der Waals surface area (Å²) < 4.78 is 5.58. The van der Waals surface area contributed by atoms with E-state index in [9.17, 15) is 10.1 Å². The highest BCUT2D eigenvalue weighted by Crippen LogP contribution is 2.31. The molecule has 0 saturated heterocycles. The Morgan fingerprint density at radius 2 is 2.00 bits per heavy atom. The van der Waals surface area contributed by atoms with E-state index in [0.717, 1.165) is 21.0 Å². The first kappa shape index (κ1) is 18.5. The monoisotopic (exact) mass is 426 g/mol. The summed E-state index contributed by atoms with van der Waals surface area (Å²) in [7, 11) is 0. The number of nitriles is 1. The molecule has 0 fully saturated rings. The van der Waals surface area contributed by atoms with Gasteiger partial charge in [-0.3, -0.25) is 0 Å². The van der Waals surface area contributed by atoms with E-state index in [4.69, 9.17) is 4.42 Å². The van der Waals surface area contributed by atoms with Crippen LogP contribution in [0.2, 0.25) is 0 Å². The fraction of sp³-hybridized carbons (Fsp3) is 0.0417. The van der Waals surface area contributed by atoms with Gasteiger partial charge in [0.25, 0.3) is 0 Å². The molecule has 0 spiro atoms. The molecule has 6 heteroatoms. The van der Waals surface area contributed by atoms with Crippen LogP contribution in [0.3, 0.4) is 0 Å². The molecule has 4 nitrogen and oxygen atoms in total. The molecular weight excluding hydrogens is 412 g/mol. The van der Waals surface area contributed by atoms with Crippen molar-refractivity contribution in [3.05, 3.63) is 85.2 Å². The van der Waals surface area contributed by atoms with Crippen LogP contribution >= 0.6 is 22.7 Å². The summed E-state index contributed by atoms with van der Waals surface area (Å²) in [5.74, 6) is 0. The Morgan fingerprint density at radius 1 is 1.13 bits per heavy atom. The van der Waals surface area contributed by atoms with E-state index < -0.39 is 5.63 Å². The van der Waals surface area contributed by atoms with Crippen molar-refractivity contribution >= 4 is 56.1 Å². The Morgan fingerprint density at radius 3 is 2.80 bits per heavy atom. The second kappa shape index (κ2) is 7.38. The maximum atomic E-state index is 12.6. The van der Waals surface area contributed by atoms with Gasteiger partial charge in [0.2, 0.25) is 0 Å². The summed E-state index contributed by atoms with van der Waals surface area (Å²) in [5, 5.41) is 14.9. The van der Waals surface area contributed by atoms with Crippen LogP contribution in [0.15, 0.2) is 69.2 Å². The van der Waals surface area contributed by atoms with E-state index in [1.165, 1.54) is 16.2 Å². The molecule has 5 aromatic rings. The van der Waals surface area contributed by atoms with Crippen molar-refractivity contribution in [3.63, 3.8) is 0 Å². The predicted octanol–water partition coefficient (Wildman–Crippen LogP) is 6.50. The fourth-order valence-corrected chi connectivity index (χ4v) is 4.99. The molecule has 0 saturated carbocycles. The number of rotatable bonds is 3. The number of allylic oxidation sites excluding steroid dienone is 1. The van der Waals surface area contributed by atoms with Gasteiger partial charge in [0.1, 0.15) is 16.7 Å². The number of thiophene rings is 1. The van der Waals surface area contributed by atoms with E-state index in [1.54, 1.807) is 16.7 Å². The molecule has 2 aromatic carbocycles. The normalized spacial score (nSPS) is 11.8. The second-order valence-electron chi connectivity index (χ2n) is 6.80. The van der Waals surface area contributed by atoms with Gasteiger partial charge in [0.05, 0.1) is 16.8 Å². The molecule has 0 bridgehead atoms. The van der Waals surface area contributed by atoms with Gasteiger partial charge in [-0.25, -0.2) is 9.78 Å². The zero-order chi connectivity index (χ0) is 20.7. The number of nitrogens with zero attached hydrogens (tertiary/aromatic N) is 2. The average molecular weight is 427 g/mol. The van der Waals surface area contributed by atoms with Crippen LogP contribution in [0.1, 0.15) is 14.8 Å². The van der Waals surface area contributed by atoms with Gasteiger partial charge in [-0.15, -0.1) is 22.7 Å². The van der Waals surface area contributed by atoms with Crippen molar-refractivity contribution in [2.75, 3.05) is 0 Å². The maximum absolute atomic E-state index is 12.6. The van der Waals surface area contributed by atoms with Gasteiger partial charge in [-0.2, -0.15) is 5.26 Å². The first-order chi connectivity index (χ1) is 14.6. The Hall–Kier alpha value is -3.53. The van der Waals surface area contributed by atoms with Gasteiger partial charge < -0.3 is 4.42 Å². The van der Waals surface area contributed by atoms with E-state index in [1.807, 2.05) is 67.6 Å². The van der Waals surface area contributed by atoms with Gasteiger partial charge in [0.15, 0.2) is 0 Å². The van der Waals surface area contributed by atoms with Crippen molar-refractivity contribution in [3.8, 4) is 17.3 Å². The van der Waals surface area contributed by atoms with Crippen molar-refractivity contribution in [1.29, 1.82) is 5.26 Å². The molecule has 3 heterocycles. The molecule has 0 aliphatic rings. The summed E-state index contributed by atoms with van der Waals surface area (Å²) in [6.07, 6.45) is 1.83. The van der Waals surface area contributed by atoms with Gasteiger partial charge in [-0.05, 0) is 48.0 Å². The molecule has 0 unspecified atom stereocenters. The lowest BCUT2D eigenvalue weighted by Gasteiger charge is -2.04. The van der Waals surface area contributed by atoms with Crippen LogP contribution in [0.5, 0.6) is 0 Å². The SMILES string of the molecule is Cc1ccc(/C=C(/C#N)c2nc(-c3cc4c(ccc5ccccc54)oc3=O)cs2)s1. The van der Waals surface area contributed by atoms with E-state index in [2.05, 4.69) is 11.1 Å². The van der Waals surface area contributed by atoms with Crippen molar-refractivity contribution in [2.45, 2.75) is 6.92 Å². The molecular formula is C24H14N2O2S2. The van der Waals surface area contributed by atoms with Gasteiger partial charge >= 0.3 is 5.63 Å². The molecule has 0 amide bonds. The Balaban J connectivity index is 1.63.